The number of aliphatic imine (C=N–C) groups is 2. The van der Waals surface area contributed by atoms with Gasteiger partial charge in [-0.3, -0.25) is 59.2 Å². The van der Waals surface area contributed by atoms with Crippen molar-refractivity contribution >= 4 is 12.4 Å². The first kappa shape index (κ1) is 81.9. The molecular weight excluding hydrogens is 915 g/mol. The van der Waals surface area contributed by atoms with E-state index in [0.717, 1.165) is 37.6 Å². The number of hydrogen-bond donors (Lipinski definition) is 0. The summed E-state index contributed by atoms with van der Waals surface area (Å²) in [5.74, 6) is 0. The number of hydrogen-bond acceptors (Lipinski definition) is 6. The Bertz CT molecular complexity index is 1140. The fourth-order valence-electron chi connectivity index (χ4n) is 1.74. The number of aromatic nitrogens is 2. The average molecular weight is 945 g/mol. The molecule has 2 aromatic heterocycles. The maximum atomic E-state index is 6.75. The summed E-state index contributed by atoms with van der Waals surface area (Å²) in [5, 5.41) is 0. The molecule has 0 N–H and O–H groups in total. The van der Waals surface area contributed by atoms with Crippen LogP contribution in [0.5, 0.6) is 0 Å². The van der Waals surface area contributed by atoms with Crippen LogP contribution in [0.15, 0.2) is 58.8 Å². The molecule has 0 aliphatic carbocycles. The molecule has 34 heteroatoms. The van der Waals surface area contributed by atoms with Crippen LogP contribution in [0.2, 0.25) is 0 Å². The van der Waals surface area contributed by atoms with Crippen molar-refractivity contribution in [3.05, 3.63) is 188 Å². The third kappa shape index (κ3) is 161. The van der Waals surface area contributed by atoms with Gasteiger partial charge in [0.1, 0.15) is 0 Å². The summed E-state index contributed by atoms with van der Waals surface area (Å²) in [6, 6.07) is 11.6. The molecule has 54 heavy (non-hydrogen) atoms. The smallest absolute Gasteiger partial charge is 0.373 e. The van der Waals surface area contributed by atoms with Crippen LogP contribution in [-0.2, 0) is 68.3 Å². The second-order valence-electron chi connectivity index (χ2n) is 6.90. The van der Waals surface area contributed by atoms with Crippen LogP contribution in [0.3, 0.4) is 0 Å². The SMILES string of the molecule is CN(C)CCN=Cc1ccccn1.CN(C)CCN=Cc1ccccn1.[Cu+2].[Cu+2].[Cu+2].[Cu+2].[N-]=[N+]=[N-].[N-]=[N+]=[N-].[N-]=[N+]=[N-].[N-]=[N+]=[N-].[N-]=[N+]=[N-].[N-]=[N+]=[N-].[N-]=[N+]=[N-].[N-]=[N+]=[N-]. The van der Waals surface area contributed by atoms with Gasteiger partial charge < -0.3 is 98.3 Å². The minimum atomic E-state index is 0. The molecule has 0 fully saturated rings. The van der Waals surface area contributed by atoms with Crippen LogP contribution >= 0.6 is 0 Å². The van der Waals surface area contributed by atoms with Crippen molar-refractivity contribution in [1.82, 2.24) is 19.8 Å². The van der Waals surface area contributed by atoms with E-state index in [4.69, 9.17) is 88.5 Å². The fraction of sp³-hybridized carbons (Fsp3) is 0.400. The Morgan fingerprint density at radius 2 is 0.648 bits per heavy atom. The normalized spacial score (nSPS) is 6.63. The van der Waals surface area contributed by atoms with Crippen molar-refractivity contribution in [3.63, 3.8) is 0 Å². The molecule has 304 valence electrons. The molecular formula is C20H30Cu4N30. The first-order valence-electron chi connectivity index (χ1n) is 11.9. The number of likely N-dealkylation sites (N-methyl/N-ethyl adjacent to an activating group) is 2. The maximum Gasteiger partial charge on any atom is 2.00 e. The molecule has 0 bridgehead atoms. The monoisotopic (exact) mass is 942 g/mol. The van der Waals surface area contributed by atoms with E-state index in [1.165, 1.54) is 39.3 Å². The van der Waals surface area contributed by atoms with E-state index in [1.807, 2.05) is 77.0 Å². The molecule has 0 aliphatic rings. The quantitative estimate of drug-likeness (QED) is 0.0821. The minimum absolute atomic E-state index is 0. The molecule has 0 aliphatic heterocycles. The Hall–Kier alpha value is -5.88. The van der Waals surface area contributed by atoms with E-state index in [-0.39, 0.29) is 68.3 Å². The third-order valence-electron chi connectivity index (χ3n) is 3.18. The van der Waals surface area contributed by atoms with E-state index in [1.54, 1.807) is 12.4 Å². The molecule has 0 saturated carbocycles. The van der Waals surface area contributed by atoms with Crippen LogP contribution in [-0.4, -0.2) is 86.6 Å². The van der Waals surface area contributed by atoms with Gasteiger partial charge in [0, 0.05) is 37.9 Å². The van der Waals surface area contributed by atoms with E-state index in [9.17, 15) is 0 Å². The standard InChI is InChI=1S/2C10H15N3.4Cu.8N3/c2*1-13(2)8-7-11-9-10-5-3-4-6-12-10;;;;;8*1-3-2/h2*3-6,9H,7-8H2,1-2H3;;;;;;;;;;;;/q;;4*+2;8*-1. The van der Waals surface area contributed by atoms with Gasteiger partial charge in [-0.05, 0) is 52.5 Å². The molecule has 0 amide bonds. The largest absolute Gasteiger partial charge is 2.00 e. The van der Waals surface area contributed by atoms with E-state index in [0.29, 0.717) is 0 Å². The molecule has 2 aromatic rings. The van der Waals surface area contributed by atoms with E-state index in [2.05, 4.69) is 29.8 Å². The van der Waals surface area contributed by atoms with Crippen LogP contribution in [0.1, 0.15) is 11.4 Å². The number of pyridine rings is 2. The van der Waals surface area contributed by atoms with Gasteiger partial charge >= 0.3 is 68.3 Å². The van der Waals surface area contributed by atoms with Crippen LogP contribution in [0, 0.1) is 0 Å². The first-order chi connectivity index (χ1) is 23.9. The van der Waals surface area contributed by atoms with Crippen molar-refractivity contribution in [2.75, 3.05) is 54.4 Å². The zero-order chi connectivity index (χ0) is 40.7. The second kappa shape index (κ2) is 97.1. The van der Waals surface area contributed by atoms with Crippen LogP contribution < -0.4 is 0 Å². The molecule has 0 unspecified atom stereocenters. The fourth-order valence-corrected chi connectivity index (χ4v) is 1.74. The third-order valence-corrected chi connectivity index (χ3v) is 3.18. The molecule has 0 spiro atoms. The summed E-state index contributed by atoms with van der Waals surface area (Å²) in [6.07, 6.45) is 7.16. The Morgan fingerprint density at radius 3 is 0.796 bits per heavy atom. The van der Waals surface area contributed by atoms with Crippen molar-refractivity contribution in [2.45, 2.75) is 0 Å². The molecule has 2 rings (SSSR count). The zero-order valence-corrected chi connectivity index (χ0v) is 32.0. The number of nitrogens with zero attached hydrogens (tertiary/aromatic N) is 30. The topological polar surface area (TPSA) is 527 Å². The zero-order valence-electron chi connectivity index (χ0n) is 28.2. The predicted octanol–water partition coefficient (Wildman–Crippen LogP) is 9.04. The first-order valence-corrected chi connectivity index (χ1v) is 11.9. The van der Waals surface area contributed by atoms with Crippen LogP contribution in [0.4, 0.5) is 0 Å². The number of rotatable bonds is 8. The second-order valence-corrected chi connectivity index (χ2v) is 6.90. The predicted molar refractivity (Wildman–Crippen MR) is 191 cm³/mol. The van der Waals surface area contributed by atoms with Gasteiger partial charge in [-0.1, -0.05) is 12.1 Å². The van der Waals surface area contributed by atoms with E-state index < -0.39 is 0 Å². The Morgan fingerprint density at radius 1 is 0.444 bits per heavy atom. The summed E-state index contributed by atoms with van der Waals surface area (Å²) >= 11 is 0. The summed E-state index contributed by atoms with van der Waals surface area (Å²) in [7, 11) is 8.15. The summed E-state index contributed by atoms with van der Waals surface area (Å²) < 4.78 is 0. The molecule has 0 saturated heterocycles. The molecule has 2 heterocycles. The van der Waals surface area contributed by atoms with Crippen molar-refractivity contribution in [2.24, 2.45) is 9.98 Å². The van der Waals surface area contributed by atoms with Gasteiger partial charge in [0.15, 0.2) is 0 Å². The molecule has 0 aromatic carbocycles. The minimum Gasteiger partial charge on any atom is -0.373 e. The van der Waals surface area contributed by atoms with Gasteiger partial charge in [-0.2, -0.15) is 0 Å². The maximum absolute atomic E-state index is 6.75. The molecule has 4 radical (unpaired) electrons. The summed E-state index contributed by atoms with van der Waals surface area (Å²) in [5.41, 5.74) is 110. The molecule has 30 nitrogen and oxygen atoms in total. The van der Waals surface area contributed by atoms with Crippen molar-refractivity contribution in [1.29, 1.82) is 0 Å². The van der Waals surface area contributed by atoms with Gasteiger partial charge in [-0.15, -0.1) is 0 Å². The summed E-state index contributed by atoms with van der Waals surface area (Å²) in [6.45, 7) is 3.60. The Labute approximate surface area is 351 Å². The molecule has 0 atom stereocenters. The Kier molecular flexibility index (Phi) is 147. The van der Waals surface area contributed by atoms with Gasteiger partial charge in [0.05, 0.1) is 24.5 Å². The van der Waals surface area contributed by atoms with Gasteiger partial charge in [-0.25, -0.2) is 0 Å². The summed E-state index contributed by atoms with van der Waals surface area (Å²) in [4.78, 5) is 33.0. The van der Waals surface area contributed by atoms with E-state index >= 15 is 0 Å². The van der Waals surface area contributed by atoms with Crippen LogP contribution in [0.25, 0.3) is 128 Å². The van der Waals surface area contributed by atoms with Gasteiger partial charge in [0.2, 0.25) is 0 Å². The van der Waals surface area contributed by atoms with Crippen molar-refractivity contribution < 1.29 is 68.3 Å². The Balaban J connectivity index is -0.0000000398. The van der Waals surface area contributed by atoms with Crippen molar-refractivity contribution in [3.8, 4) is 0 Å². The average Bonchev–Trinajstić information content (AvgIpc) is 3.06. The van der Waals surface area contributed by atoms with Gasteiger partial charge in [0.25, 0.3) is 0 Å².